The van der Waals surface area contributed by atoms with E-state index in [2.05, 4.69) is 4.18 Å². The van der Waals surface area contributed by atoms with Crippen molar-refractivity contribution in [2.24, 2.45) is 0 Å². The Balaban J connectivity index is 2.59. The van der Waals surface area contributed by atoms with Gasteiger partial charge in [-0.25, -0.2) is 19.2 Å². The Bertz CT molecular complexity index is 1010. The summed E-state index contributed by atoms with van der Waals surface area (Å²) in [5.41, 5.74) is -2.93. The predicted molar refractivity (Wildman–Crippen MR) is 90.1 cm³/mol. The Morgan fingerprint density at radius 1 is 0.750 bits per heavy atom. The van der Waals surface area contributed by atoms with Crippen LogP contribution in [0.4, 0.5) is 0 Å². The van der Waals surface area contributed by atoms with Gasteiger partial charge in [-0.1, -0.05) is 12.1 Å². The minimum atomic E-state index is -2.91. The number of hydrogen-bond donors (Lipinski definition) is 4. The second kappa shape index (κ2) is 8.28. The molecule has 0 heterocycles. The monoisotopic (exact) mass is 410 g/mol. The molecule has 2 aromatic carbocycles. The van der Waals surface area contributed by atoms with E-state index in [1.165, 1.54) is 0 Å². The third kappa shape index (κ3) is 4.31. The van der Waals surface area contributed by atoms with E-state index in [9.17, 15) is 33.6 Å². The number of carbonyl (C=O) groups excluding carboxylic acids is 1. The number of carboxylic acids is 3. The Morgan fingerprint density at radius 2 is 1.25 bits per heavy atom. The number of rotatable bonds is 7. The standard InChI is InChI=1S/C16H10O11S/c17-13(18)7-3-1-5-9(11(7)15(21)22)26-16(23)12-8(14(19)20)4-2-6-10(12)27-28(24)25/h1-6H,(H,17,18)(H,19,20)(H,21,22)(H,24,25). The van der Waals surface area contributed by atoms with Crippen LogP contribution in [0.1, 0.15) is 41.4 Å². The minimum absolute atomic E-state index is 0.614. The predicted octanol–water partition coefficient (Wildman–Crippen LogP) is 1.52. The topological polar surface area (TPSA) is 185 Å². The molecule has 0 saturated carbocycles. The molecule has 4 N–H and O–H groups in total. The van der Waals surface area contributed by atoms with Gasteiger partial charge in [-0.2, -0.15) is 4.21 Å². The number of hydrogen-bond acceptors (Lipinski definition) is 7. The molecule has 28 heavy (non-hydrogen) atoms. The highest BCUT2D eigenvalue weighted by atomic mass is 32.2. The first kappa shape index (κ1) is 20.5. The van der Waals surface area contributed by atoms with Crippen LogP contribution < -0.4 is 8.92 Å². The highest BCUT2D eigenvalue weighted by molar-refractivity contribution is 7.74. The number of carbonyl (C=O) groups is 4. The Hall–Kier alpha value is -3.77. The maximum absolute atomic E-state index is 12.5. The summed E-state index contributed by atoms with van der Waals surface area (Å²) in [5.74, 6) is -7.63. The second-order valence-electron chi connectivity index (χ2n) is 4.96. The Kier molecular flexibility index (Phi) is 6.08. The molecule has 1 unspecified atom stereocenters. The summed E-state index contributed by atoms with van der Waals surface area (Å²) in [5, 5.41) is 27.6. The van der Waals surface area contributed by atoms with E-state index < -0.39 is 69.0 Å². The molecule has 0 fully saturated rings. The average Bonchev–Trinajstić information content (AvgIpc) is 2.60. The fourth-order valence-corrected chi connectivity index (χ4v) is 2.52. The number of esters is 1. The Morgan fingerprint density at radius 3 is 1.71 bits per heavy atom. The molecule has 0 bridgehead atoms. The molecule has 2 rings (SSSR count). The summed E-state index contributed by atoms with van der Waals surface area (Å²) in [4.78, 5) is 46.5. The van der Waals surface area contributed by atoms with Gasteiger partial charge < -0.3 is 24.2 Å². The summed E-state index contributed by atoms with van der Waals surface area (Å²) in [6.07, 6.45) is 0. The van der Waals surface area contributed by atoms with Gasteiger partial charge in [0, 0.05) is 0 Å². The van der Waals surface area contributed by atoms with Gasteiger partial charge in [-0.3, -0.25) is 4.55 Å². The number of carboxylic acid groups (broad SMARTS) is 3. The summed E-state index contributed by atoms with van der Waals surface area (Å²) in [6, 6.07) is 6.21. The largest absolute Gasteiger partial charge is 0.478 e. The molecule has 0 aromatic heterocycles. The molecule has 146 valence electrons. The van der Waals surface area contributed by atoms with Gasteiger partial charge in [0.2, 0.25) is 0 Å². The van der Waals surface area contributed by atoms with Crippen molar-refractivity contribution in [1.82, 2.24) is 0 Å². The molecule has 0 amide bonds. The first-order valence-electron chi connectivity index (χ1n) is 7.10. The molecule has 1 atom stereocenters. The van der Waals surface area contributed by atoms with Crippen molar-refractivity contribution in [2.45, 2.75) is 0 Å². The summed E-state index contributed by atoms with van der Waals surface area (Å²) in [7, 11) is 0. The van der Waals surface area contributed by atoms with Crippen LogP contribution in [-0.2, 0) is 11.4 Å². The fraction of sp³-hybridized carbons (Fsp3) is 0. The van der Waals surface area contributed by atoms with E-state index in [0.717, 1.165) is 36.4 Å². The van der Waals surface area contributed by atoms with Crippen LogP contribution in [-0.4, -0.2) is 48.0 Å². The SMILES string of the molecule is O=C(O)c1cccc(OC(=O)c2c(OS(=O)O)cccc2C(=O)O)c1C(=O)O. The van der Waals surface area contributed by atoms with Crippen molar-refractivity contribution in [3.63, 3.8) is 0 Å². The first-order valence-corrected chi connectivity index (χ1v) is 8.14. The maximum Gasteiger partial charge on any atom is 0.357 e. The van der Waals surface area contributed by atoms with Crippen LogP contribution in [0.3, 0.4) is 0 Å². The van der Waals surface area contributed by atoms with Gasteiger partial charge in [-0.15, -0.1) is 0 Å². The molecule has 0 aliphatic carbocycles. The number of aromatic carboxylic acids is 3. The molecule has 0 radical (unpaired) electrons. The second-order valence-corrected chi connectivity index (χ2v) is 5.56. The van der Waals surface area contributed by atoms with E-state index in [1.54, 1.807) is 0 Å². The normalized spacial score (nSPS) is 11.3. The van der Waals surface area contributed by atoms with Gasteiger partial charge in [0.1, 0.15) is 16.9 Å². The lowest BCUT2D eigenvalue weighted by molar-refractivity contribution is 0.0632. The van der Waals surface area contributed by atoms with Crippen LogP contribution >= 0.6 is 0 Å². The molecule has 2 aromatic rings. The maximum atomic E-state index is 12.5. The molecular weight excluding hydrogens is 400 g/mol. The van der Waals surface area contributed by atoms with Crippen LogP contribution in [0.15, 0.2) is 36.4 Å². The minimum Gasteiger partial charge on any atom is -0.478 e. The molecule has 11 nitrogen and oxygen atoms in total. The third-order valence-corrected chi connectivity index (χ3v) is 3.62. The van der Waals surface area contributed by atoms with Gasteiger partial charge in [0.25, 0.3) is 0 Å². The van der Waals surface area contributed by atoms with E-state index in [1.807, 2.05) is 0 Å². The quantitative estimate of drug-likeness (QED) is 0.294. The van der Waals surface area contributed by atoms with Crippen molar-refractivity contribution in [1.29, 1.82) is 0 Å². The van der Waals surface area contributed by atoms with Crippen LogP contribution in [0.5, 0.6) is 11.5 Å². The van der Waals surface area contributed by atoms with E-state index in [4.69, 9.17) is 14.4 Å². The number of ether oxygens (including phenoxy) is 1. The van der Waals surface area contributed by atoms with Crippen LogP contribution in [0.2, 0.25) is 0 Å². The lowest BCUT2D eigenvalue weighted by Crippen LogP contribution is -2.19. The van der Waals surface area contributed by atoms with Crippen LogP contribution in [0.25, 0.3) is 0 Å². The van der Waals surface area contributed by atoms with Gasteiger partial charge in [0.15, 0.2) is 5.75 Å². The summed E-state index contributed by atoms with van der Waals surface area (Å²) < 4.78 is 29.1. The lowest BCUT2D eigenvalue weighted by Gasteiger charge is -2.13. The molecule has 0 saturated heterocycles. The zero-order chi connectivity index (χ0) is 21.0. The van der Waals surface area contributed by atoms with Crippen molar-refractivity contribution >= 4 is 35.2 Å². The van der Waals surface area contributed by atoms with E-state index in [0.29, 0.717) is 0 Å². The molecule has 0 aliphatic rings. The zero-order valence-corrected chi connectivity index (χ0v) is 14.3. The van der Waals surface area contributed by atoms with Gasteiger partial charge in [0.05, 0.1) is 11.1 Å². The first-order chi connectivity index (χ1) is 13.1. The van der Waals surface area contributed by atoms with Crippen molar-refractivity contribution < 1.29 is 52.2 Å². The van der Waals surface area contributed by atoms with E-state index in [-0.39, 0.29) is 0 Å². The van der Waals surface area contributed by atoms with Crippen LogP contribution in [0, 0.1) is 0 Å². The summed E-state index contributed by atoms with van der Waals surface area (Å²) in [6.45, 7) is 0. The summed E-state index contributed by atoms with van der Waals surface area (Å²) >= 11 is -2.91. The van der Waals surface area contributed by atoms with Crippen molar-refractivity contribution in [2.75, 3.05) is 0 Å². The molecular formula is C16H10O11S. The zero-order valence-electron chi connectivity index (χ0n) is 13.5. The average molecular weight is 410 g/mol. The fourth-order valence-electron chi connectivity index (χ4n) is 2.23. The van der Waals surface area contributed by atoms with E-state index >= 15 is 0 Å². The third-order valence-electron chi connectivity index (χ3n) is 3.29. The van der Waals surface area contributed by atoms with Crippen molar-refractivity contribution in [3.05, 3.63) is 58.7 Å². The van der Waals surface area contributed by atoms with Gasteiger partial charge in [-0.05, 0) is 24.3 Å². The Labute approximate surface area is 158 Å². The van der Waals surface area contributed by atoms with Crippen molar-refractivity contribution in [3.8, 4) is 11.5 Å². The molecule has 0 spiro atoms. The van der Waals surface area contributed by atoms with Gasteiger partial charge >= 0.3 is 35.2 Å². The number of benzene rings is 2. The lowest BCUT2D eigenvalue weighted by atomic mass is 10.1. The molecule has 12 heteroatoms. The highest BCUT2D eigenvalue weighted by Crippen LogP contribution is 2.28. The smallest absolute Gasteiger partial charge is 0.357 e. The highest BCUT2D eigenvalue weighted by Gasteiger charge is 2.28. The molecule has 0 aliphatic heterocycles.